The fourth-order valence-corrected chi connectivity index (χ4v) is 2.35. The normalized spacial score (nSPS) is 11.6. The van der Waals surface area contributed by atoms with E-state index in [1.807, 2.05) is 30.5 Å². The van der Waals surface area contributed by atoms with E-state index in [-0.39, 0.29) is 12.3 Å². The first kappa shape index (κ1) is 15.1. The largest absolute Gasteiger partial charge is 0.416 e. The quantitative estimate of drug-likeness (QED) is 0.740. The van der Waals surface area contributed by atoms with Gasteiger partial charge < -0.3 is 10.3 Å². The van der Waals surface area contributed by atoms with E-state index in [2.05, 4.69) is 10.3 Å². The number of rotatable bonds is 3. The van der Waals surface area contributed by atoms with Gasteiger partial charge in [0.05, 0.1) is 12.0 Å². The number of nitrogens with one attached hydrogen (secondary N) is 2. The summed E-state index contributed by atoms with van der Waals surface area (Å²) >= 11 is 0. The average Bonchev–Trinajstić information content (AvgIpc) is 2.94. The van der Waals surface area contributed by atoms with E-state index in [1.165, 1.54) is 12.1 Å². The lowest BCUT2D eigenvalue weighted by atomic mass is 10.1. The van der Waals surface area contributed by atoms with Gasteiger partial charge in [-0.15, -0.1) is 0 Å². The minimum Gasteiger partial charge on any atom is -0.361 e. The van der Waals surface area contributed by atoms with Crippen LogP contribution in [-0.4, -0.2) is 10.9 Å². The van der Waals surface area contributed by atoms with Gasteiger partial charge in [-0.3, -0.25) is 4.79 Å². The maximum atomic E-state index is 12.5. The SMILES string of the molecule is O=C(Cc1ccc2[nH]ccc2c1)Nc1ccc(C(F)(F)F)cc1. The second-order valence-electron chi connectivity index (χ2n) is 5.20. The van der Waals surface area contributed by atoms with Crippen LogP contribution in [0.4, 0.5) is 18.9 Å². The Morgan fingerprint density at radius 1 is 1.04 bits per heavy atom. The van der Waals surface area contributed by atoms with Crippen molar-refractivity contribution < 1.29 is 18.0 Å². The van der Waals surface area contributed by atoms with Gasteiger partial charge in [0, 0.05) is 17.4 Å². The molecule has 0 saturated heterocycles. The molecule has 0 aliphatic carbocycles. The molecular formula is C17H13F3N2O. The molecule has 1 aromatic heterocycles. The van der Waals surface area contributed by atoms with E-state index in [9.17, 15) is 18.0 Å². The second kappa shape index (κ2) is 5.79. The highest BCUT2D eigenvalue weighted by molar-refractivity contribution is 5.93. The molecule has 0 spiro atoms. The third-order valence-corrected chi connectivity index (χ3v) is 3.48. The number of amides is 1. The van der Waals surface area contributed by atoms with Crippen LogP contribution in [0.1, 0.15) is 11.1 Å². The number of hydrogen-bond donors (Lipinski definition) is 2. The molecule has 2 N–H and O–H groups in total. The summed E-state index contributed by atoms with van der Waals surface area (Å²) in [5, 5.41) is 3.60. The van der Waals surface area contributed by atoms with Gasteiger partial charge in [-0.05, 0) is 53.4 Å². The topological polar surface area (TPSA) is 44.9 Å². The first-order valence-corrected chi connectivity index (χ1v) is 6.95. The number of carbonyl (C=O) groups excluding carboxylic acids is 1. The zero-order chi connectivity index (χ0) is 16.4. The van der Waals surface area contributed by atoms with E-state index in [1.54, 1.807) is 0 Å². The molecule has 1 heterocycles. The summed E-state index contributed by atoms with van der Waals surface area (Å²) in [6.45, 7) is 0. The van der Waals surface area contributed by atoms with Crippen molar-refractivity contribution in [2.45, 2.75) is 12.6 Å². The Bertz CT molecular complexity index is 835. The molecule has 3 nitrogen and oxygen atoms in total. The molecule has 0 fully saturated rings. The molecule has 0 aliphatic rings. The first-order chi connectivity index (χ1) is 10.9. The molecule has 0 unspecified atom stereocenters. The van der Waals surface area contributed by atoms with Crippen LogP contribution in [0.15, 0.2) is 54.7 Å². The van der Waals surface area contributed by atoms with Crippen molar-refractivity contribution in [3.05, 3.63) is 65.9 Å². The summed E-state index contributed by atoms with van der Waals surface area (Å²) < 4.78 is 37.4. The second-order valence-corrected chi connectivity index (χ2v) is 5.20. The predicted molar refractivity (Wildman–Crippen MR) is 82.1 cm³/mol. The van der Waals surface area contributed by atoms with Gasteiger partial charge in [-0.25, -0.2) is 0 Å². The third kappa shape index (κ3) is 3.53. The number of hydrogen-bond acceptors (Lipinski definition) is 1. The van der Waals surface area contributed by atoms with Crippen molar-refractivity contribution in [2.75, 3.05) is 5.32 Å². The van der Waals surface area contributed by atoms with Crippen LogP contribution in [0.2, 0.25) is 0 Å². The molecule has 0 atom stereocenters. The van der Waals surface area contributed by atoms with Gasteiger partial charge in [-0.2, -0.15) is 13.2 Å². The summed E-state index contributed by atoms with van der Waals surface area (Å²) in [5.74, 6) is -0.278. The van der Waals surface area contributed by atoms with Gasteiger partial charge >= 0.3 is 6.18 Å². The molecule has 0 saturated carbocycles. The highest BCUT2D eigenvalue weighted by atomic mass is 19.4. The lowest BCUT2D eigenvalue weighted by molar-refractivity contribution is -0.137. The minimum atomic E-state index is -4.38. The monoisotopic (exact) mass is 318 g/mol. The van der Waals surface area contributed by atoms with E-state index in [4.69, 9.17) is 0 Å². The van der Waals surface area contributed by atoms with Crippen molar-refractivity contribution in [1.29, 1.82) is 0 Å². The number of anilines is 1. The van der Waals surface area contributed by atoms with Crippen LogP contribution in [0.25, 0.3) is 10.9 Å². The summed E-state index contributed by atoms with van der Waals surface area (Å²) in [6, 6.07) is 11.9. The minimum absolute atomic E-state index is 0.155. The number of fused-ring (bicyclic) bond motifs is 1. The Morgan fingerprint density at radius 2 is 1.78 bits per heavy atom. The smallest absolute Gasteiger partial charge is 0.361 e. The molecule has 0 radical (unpaired) electrons. The molecular weight excluding hydrogens is 305 g/mol. The van der Waals surface area contributed by atoms with Crippen molar-refractivity contribution >= 4 is 22.5 Å². The summed E-state index contributed by atoms with van der Waals surface area (Å²) in [5.41, 5.74) is 1.41. The standard InChI is InChI=1S/C17H13F3N2O/c18-17(19,20)13-2-4-14(5-3-13)22-16(23)10-11-1-6-15-12(9-11)7-8-21-15/h1-9,21H,10H2,(H,22,23). The highest BCUT2D eigenvalue weighted by Gasteiger charge is 2.29. The number of aromatic nitrogens is 1. The Morgan fingerprint density at radius 3 is 2.48 bits per heavy atom. The molecule has 3 rings (SSSR count). The Balaban J connectivity index is 1.66. The summed E-state index contributed by atoms with van der Waals surface area (Å²) in [6.07, 6.45) is -2.41. The van der Waals surface area contributed by atoms with Gasteiger partial charge in [0.1, 0.15) is 0 Å². The van der Waals surface area contributed by atoms with Crippen LogP contribution in [-0.2, 0) is 17.4 Å². The maximum Gasteiger partial charge on any atom is 0.416 e. The fraction of sp³-hybridized carbons (Fsp3) is 0.118. The van der Waals surface area contributed by atoms with Gasteiger partial charge in [0.25, 0.3) is 0 Å². The van der Waals surface area contributed by atoms with Crippen LogP contribution >= 0.6 is 0 Å². The number of H-pyrrole nitrogens is 1. The molecule has 3 aromatic rings. The van der Waals surface area contributed by atoms with Gasteiger partial charge in [0.15, 0.2) is 0 Å². The van der Waals surface area contributed by atoms with Gasteiger partial charge in [0.2, 0.25) is 5.91 Å². The van der Waals surface area contributed by atoms with E-state index >= 15 is 0 Å². The zero-order valence-corrected chi connectivity index (χ0v) is 11.9. The van der Waals surface area contributed by atoms with Crippen molar-refractivity contribution in [2.24, 2.45) is 0 Å². The molecule has 2 aromatic carbocycles. The number of benzene rings is 2. The summed E-state index contributed by atoms with van der Waals surface area (Å²) in [7, 11) is 0. The van der Waals surface area contributed by atoms with E-state index < -0.39 is 11.7 Å². The molecule has 23 heavy (non-hydrogen) atoms. The fourth-order valence-electron chi connectivity index (χ4n) is 2.35. The lowest BCUT2D eigenvalue weighted by Crippen LogP contribution is -2.14. The third-order valence-electron chi connectivity index (χ3n) is 3.48. The molecule has 0 aliphatic heterocycles. The Labute approximate surface area is 130 Å². The molecule has 6 heteroatoms. The van der Waals surface area contributed by atoms with Gasteiger partial charge in [-0.1, -0.05) is 6.07 Å². The zero-order valence-electron chi connectivity index (χ0n) is 11.9. The van der Waals surface area contributed by atoms with Crippen LogP contribution in [0.3, 0.4) is 0 Å². The van der Waals surface area contributed by atoms with Crippen LogP contribution in [0.5, 0.6) is 0 Å². The van der Waals surface area contributed by atoms with Crippen LogP contribution < -0.4 is 5.32 Å². The van der Waals surface area contributed by atoms with Crippen molar-refractivity contribution in [3.63, 3.8) is 0 Å². The predicted octanol–water partition coefficient (Wildman–Crippen LogP) is 4.37. The molecule has 0 bridgehead atoms. The summed E-state index contributed by atoms with van der Waals surface area (Å²) in [4.78, 5) is 15.1. The number of carbonyl (C=O) groups is 1. The number of halogens is 3. The molecule has 1 amide bonds. The Hall–Kier alpha value is -2.76. The average molecular weight is 318 g/mol. The number of aromatic amines is 1. The highest BCUT2D eigenvalue weighted by Crippen LogP contribution is 2.29. The Kier molecular flexibility index (Phi) is 3.82. The van der Waals surface area contributed by atoms with Crippen molar-refractivity contribution in [1.82, 2.24) is 4.98 Å². The molecule has 118 valence electrons. The maximum absolute atomic E-state index is 12.5. The first-order valence-electron chi connectivity index (χ1n) is 6.95. The number of alkyl halides is 3. The van der Waals surface area contributed by atoms with E-state index in [0.29, 0.717) is 5.69 Å². The van der Waals surface area contributed by atoms with E-state index in [0.717, 1.165) is 28.6 Å². The van der Waals surface area contributed by atoms with Crippen molar-refractivity contribution in [3.8, 4) is 0 Å². The lowest BCUT2D eigenvalue weighted by Gasteiger charge is -2.09. The van der Waals surface area contributed by atoms with Crippen LogP contribution in [0, 0.1) is 0 Å².